The predicted molar refractivity (Wildman–Crippen MR) is 92.1 cm³/mol. The van der Waals surface area contributed by atoms with Gasteiger partial charge in [-0.15, -0.1) is 0 Å². The maximum absolute atomic E-state index is 6.62. The van der Waals surface area contributed by atoms with Gasteiger partial charge in [-0.3, -0.25) is 4.68 Å². The molecule has 1 atom stereocenters. The number of nitrogens with zero attached hydrogens (tertiary/aromatic N) is 2. The van der Waals surface area contributed by atoms with E-state index in [1.807, 2.05) is 6.20 Å². The lowest BCUT2D eigenvalue weighted by atomic mass is 9.68. The lowest BCUT2D eigenvalue weighted by molar-refractivity contribution is 0.138. The summed E-state index contributed by atoms with van der Waals surface area (Å²) in [6.45, 7) is 11.4. The second-order valence-electron chi connectivity index (χ2n) is 7.92. The third-order valence-electron chi connectivity index (χ3n) is 5.10. The van der Waals surface area contributed by atoms with E-state index in [1.54, 1.807) is 0 Å². The molecule has 0 aromatic carbocycles. The molecule has 1 aliphatic rings. The molecule has 0 aliphatic heterocycles. The van der Waals surface area contributed by atoms with Crippen molar-refractivity contribution in [2.24, 2.45) is 23.0 Å². The summed E-state index contributed by atoms with van der Waals surface area (Å²) >= 11 is 3.63. The van der Waals surface area contributed by atoms with Crippen LogP contribution in [0.1, 0.15) is 78.1 Å². The summed E-state index contributed by atoms with van der Waals surface area (Å²) in [5.74, 6) is 1.41. The van der Waals surface area contributed by atoms with Crippen LogP contribution in [0.2, 0.25) is 0 Å². The molecule has 2 rings (SSSR count). The Hall–Kier alpha value is -0.350. The quantitative estimate of drug-likeness (QED) is 0.821. The Morgan fingerprint density at radius 1 is 1.24 bits per heavy atom. The van der Waals surface area contributed by atoms with Gasteiger partial charge in [0.25, 0.3) is 0 Å². The fourth-order valence-corrected chi connectivity index (χ4v) is 4.18. The molecule has 1 saturated carbocycles. The van der Waals surface area contributed by atoms with Gasteiger partial charge in [-0.25, -0.2) is 0 Å². The third kappa shape index (κ3) is 3.70. The predicted octanol–water partition coefficient (Wildman–Crippen LogP) is 5.08. The molecule has 1 unspecified atom stereocenters. The van der Waals surface area contributed by atoms with E-state index in [0.29, 0.717) is 17.4 Å². The van der Waals surface area contributed by atoms with Gasteiger partial charge in [-0.2, -0.15) is 5.10 Å². The number of rotatable bonds is 3. The maximum Gasteiger partial charge on any atom is 0.0699 e. The highest BCUT2D eigenvalue weighted by Crippen LogP contribution is 2.43. The van der Waals surface area contributed by atoms with Crippen molar-refractivity contribution in [1.82, 2.24) is 9.78 Å². The van der Waals surface area contributed by atoms with E-state index >= 15 is 0 Å². The summed E-state index contributed by atoms with van der Waals surface area (Å²) in [6.07, 6.45) is 6.96. The van der Waals surface area contributed by atoms with Gasteiger partial charge in [0.2, 0.25) is 0 Å². The Kier molecular flexibility index (Phi) is 5.19. The first-order valence-corrected chi connectivity index (χ1v) is 8.99. The van der Waals surface area contributed by atoms with E-state index in [-0.39, 0.29) is 6.04 Å². The van der Waals surface area contributed by atoms with Gasteiger partial charge in [-0.05, 0) is 72.7 Å². The molecular weight excluding hydrogens is 326 g/mol. The molecular formula is C17H30BrN3. The van der Waals surface area contributed by atoms with Crippen molar-refractivity contribution in [2.75, 3.05) is 0 Å². The second-order valence-corrected chi connectivity index (χ2v) is 8.77. The van der Waals surface area contributed by atoms with Crippen LogP contribution in [0.4, 0.5) is 0 Å². The van der Waals surface area contributed by atoms with Gasteiger partial charge < -0.3 is 5.73 Å². The molecule has 1 heterocycles. The molecule has 2 N–H and O–H groups in total. The molecule has 21 heavy (non-hydrogen) atoms. The Morgan fingerprint density at radius 2 is 1.81 bits per heavy atom. The van der Waals surface area contributed by atoms with Crippen molar-refractivity contribution in [3.8, 4) is 0 Å². The van der Waals surface area contributed by atoms with Crippen molar-refractivity contribution >= 4 is 15.9 Å². The van der Waals surface area contributed by atoms with E-state index in [1.165, 1.54) is 31.4 Å². The van der Waals surface area contributed by atoms with E-state index in [9.17, 15) is 0 Å². The Labute approximate surface area is 137 Å². The van der Waals surface area contributed by atoms with Gasteiger partial charge in [-0.1, -0.05) is 20.8 Å². The zero-order chi connectivity index (χ0) is 15.8. The monoisotopic (exact) mass is 355 g/mol. The first-order valence-electron chi connectivity index (χ1n) is 8.20. The van der Waals surface area contributed by atoms with E-state index in [0.717, 1.165) is 10.4 Å². The van der Waals surface area contributed by atoms with Crippen LogP contribution in [0.5, 0.6) is 0 Å². The summed E-state index contributed by atoms with van der Waals surface area (Å²) in [6, 6.07) is 0.438. The largest absolute Gasteiger partial charge is 0.322 e. The summed E-state index contributed by atoms with van der Waals surface area (Å²) in [5.41, 5.74) is 8.21. The molecule has 1 aromatic rings. The highest BCUT2D eigenvalue weighted by atomic mass is 79.9. The second kappa shape index (κ2) is 6.41. The van der Waals surface area contributed by atoms with Crippen LogP contribution >= 0.6 is 15.9 Å². The molecule has 120 valence electrons. The number of nitrogens with two attached hydrogens (primary N) is 1. The van der Waals surface area contributed by atoms with Crippen LogP contribution in [-0.2, 0) is 0 Å². The van der Waals surface area contributed by atoms with Crippen LogP contribution in [0.25, 0.3) is 0 Å². The molecule has 0 spiro atoms. The molecule has 0 bridgehead atoms. The van der Waals surface area contributed by atoms with Crippen molar-refractivity contribution in [1.29, 1.82) is 0 Å². The molecule has 4 heteroatoms. The molecule has 0 amide bonds. The fraction of sp³-hybridized carbons (Fsp3) is 0.824. The zero-order valence-electron chi connectivity index (χ0n) is 14.1. The zero-order valence-corrected chi connectivity index (χ0v) is 15.7. The molecule has 1 fully saturated rings. The minimum absolute atomic E-state index is 0.0881. The van der Waals surface area contributed by atoms with Gasteiger partial charge in [0, 0.05) is 6.04 Å². The smallest absolute Gasteiger partial charge is 0.0699 e. The van der Waals surface area contributed by atoms with Crippen molar-refractivity contribution in [3.63, 3.8) is 0 Å². The number of aromatic nitrogens is 2. The lowest BCUT2D eigenvalue weighted by Crippen LogP contribution is -2.32. The molecule has 0 radical (unpaired) electrons. The fourth-order valence-electron chi connectivity index (χ4n) is 3.64. The number of hydrogen-bond donors (Lipinski definition) is 1. The number of halogens is 1. The minimum atomic E-state index is 0.0881. The average Bonchev–Trinajstić information content (AvgIpc) is 2.79. The molecule has 3 nitrogen and oxygen atoms in total. The van der Waals surface area contributed by atoms with E-state index in [2.05, 4.69) is 60.3 Å². The van der Waals surface area contributed by atoms with Crippen LogP contribution < -0.4 is 5.73 Å². The van der Waals surface area contributed by atoms with Crippen LogP contribution in [0.15, 0.2) is 10.7 Å². The Balaban J connectivity index is 2.09. The van der Waals surface area contributed by atoms with E-state index in [4.69, 9.17) is 5.73 Å². The van der Waals surface area contributed by atoms with Crippen molar-refractivity contribution < 1.29 is 0 Å². The molecule has 1 aromatic heterocycles. The van der Waals surface area contributed by atoms with E-state index < -0.39 is 0 Å². The van der Waals surface area contributed by atoms with Gasteiger partial charge in [0.15, 0.2) is 0 Å². The molecule has 1 aliphatic carbocycles. The van der Waals surface area contributed by atoms with Crippen molar-refractivity contribution in [3.05, 3.63) is 16.4 Å². The average molecular weight is 356 g/mol. The third-order valence-corrected chi connectivity index (χ3v) is 5.71. The van der Waals surface area contributed by atoms with Gasteiger partial charge >= 0.3 is 0 Å². The first-order chi connectivity index (χ1) is 9.71. The summed E-state index contributed by atoms with van der Waals surface area (Å²) in [5, 5.41) is 4.48. The maximum atomic E-state index is 6.62. The standard InChI is InChI=1S/C17H30BrN3/c1-11(2)21-16(14(18)10-20-21)15(19)12-6-8-13(9-7-12)17(3,4)5/h10-13,15H,6-9,19H2,1-5H3. The summed E-state index contributed by atoms with van der Waals surface area (Å²) in [4.78, 5) is 0. The number of hydrogen-bond acceptors (Lipinski definition) is 2. The SMILES string of the molecule is CC(C)n1ncc(Br)c1C(N)C1CCC(C(C)(C)C)CC1. The van der Waals surface area contributed by atoms with Crippen LogP contribution in [0.3, 0.4) is 0 Å². The highest BCUT2D eigenvalue weighted by Gasteiger charge is 2.34. The summed E-state index contributed by atoms with van der Waals surface area (Å²) in [7, 11) is 0. The van der Waals surface area contributed by atoms with Gasteiger partial charge in [0.05, 0.1) is 22.4 Å². The van der Waals surface area contributed by atoms with Gasteiger partial charge in [0.1, 0.15) is 0 Å². The topological polar surface area (TPSA) is 43.8 Å². The van der Waals surface area contributed by atoms with Crippen LogP contribution in [-0.4, -0.2) is 9.78 Å². The highest BCUT2D eigenvalue weighted by molar-refractivity contribution is 9.10. The summed E-state index contributed by atoms with van der Waals surface area (Å²) < 4.78 is 3.13. The Morgan fingerprint density at radius 3 is 2.29 bits per heavy atom. The first kappa shape index (κ1) is 17.0. The van der Waals surface area contributed by atoms with Crippen molar-refractivity contribution in [2.45, 2.75) is 72.4 Å². The minimum Gasteiger partial charge on any atom is -0.322 e. The Bertz CT molecular complexity index is 465. The lowest BCUT2D eigenvalue weighted by Gasteiger charge is -2.39. The van der Waals surface area contributed by atoms with Crippen LogP contribution in [0, 0.1) is 17.3 Å². The normalized spacial score (nSPS) is 25.3. The molecule has 0 saturated heterocycles.